The number of nitrogens with zero attached hydrogens (tertiary/aromatic N) is 2. The molecule has 6 rings (SSSR count). The van der Waals surface area contributed by atoms with Crippen molar-refractivity contribution in [1.82, 2.24) is 15.1 Å². The molecular formula is C41H43N5O8. The number of aliphatic carboxylic acids is 1. The fraction of sp³-hybridized carbons (Fsp3) is 0.293. The van der Waals surface area contributed by atoms with Gasteiger partial charge in [0.25, 0.3) is 5.91 Å². The number of hydrogen-bond acceptors (Lipinski definition) is 7. The summed E-state index contributed by atoms with van der Waals surface area (Å²) in [6.07, 6.45) is -0.318. The van der Waals surface area contributed by atoms with Gasteiger partial charge in [0.05, 0.1) is 12.5 Å². The molecule has 1 fully saturated rings. The topological polar surface area (TPSA) is 167 Å². The number of urea groups is 2. The van der Waals surface area contributed by atoms with Crippen LogP contribution in [0.15, 0.2) is 97.1 Å². The van der Waals surface area contributed by atoms with Crippen molar-refractivity contribution in [3.05, 3.63) is 119 Å². The Morgan fingerprint density at radius 1 is 0.870 bits per heavy atom. The van der Waals surface area contributed by atoms with E-state index >= 15 is 0 Å². The number of carbonyl (C=O) groups excluding carboxylic acids is 4. The van der Waals surface area contributed by atoms with E-state index in [1.165, 1.54) is 4.90 Å². The number of carbonyl (C=O) groups is 5. The molecule has 13 nitrogen and oxygen atoms in total. The Morgan fingerprint density at radius 3 is 2.24 bits per heavy atom. The van der Waals surface area contributed by atoms with Crippen molar-refractivity contribution in [1.29, 1.82) is 0 Å². The second-order valence-electron chi connectivity index (χ2n) is 14.0. The van der Waals surface area contributed by atoms with Gasteiger partial charge in [-0.1, -0.05) is 80.6 Å². The van der Waals surface area contributed by atoms with E-state index in [2.05, 4.69) is 16.0 Å². The molecule has 2 aliphatic heterocycles. The van der Waals surface area contributed by atoms with Crippen LogP contribution in [0.25, 0.3) is 0 Å². The monoisotopic (exact) mass is 733 g/mol. The lowest BCUT2D eigenvalue weighted by molar-refractivity contribution is -0.141. The maximum Gasteiger partial charge on any atom is 0.329 e. The standard InChI is InChI=1S/C41H43N5O8/c1-25(2)20-33(37(49)43-32(22-36(47)48)28-16-19-34-35(21-28)54-24-53-34)46-38(50)41(4,29-11-6-5-7-12-29)45(40(46)52)23-27-14-17-30(18-15-27)42-39(51)44-31-13-9-8-10-26(31)3/h5-19,21,25,32-33H,20,22-24H2,1-4H3,(H,43,49)(H,47,48)(H2,42,44,51)/t32-,33?,41?/m0/s1. The van der Waals surface area contributed by atoms with Crippen LogP contribution in [0.5, 0.6) is 11.5 Å². The van der Waals surface area contributed by atoms with Crippen molar-refractivity contribution in [2.24, 2.45) is 5.92 Å². The molecule has 4 N–H and O–H groups in total. The summed E-state index contributed by atoms with van der Waals surface area (Å²) in [5.41, 5.74) is 2.34. The first kappa shape index (κ1) is 37.4. The van der Waals surface area contributed by atoms with Gasteiger partial charge in [0.2, 0.25) is 12.7 Å². The van der Waals surface area contributed by atoms with Crippen LogP contribution in [0.4, 0.5) is 21.0 Å². The van der Waals surface area contributed by atoms with Crippen molar-refractivity contribution in [2.45, 2.75) is 64.7 Å². The molecule has 280 valence electrons. The van der Waals surface area contributed by atoms with E-state index in [1.54, 1.807) is 73.7 Å². The Morgan fingerprint density at radius 2 is 1.56 bits per heavy atom. The first-order valence-electron chi connectivity index (χ1n) is 17.7. The van der Waals surface area contributed by atoms with Gasteiger partial charge < -0.3 is 35.4 Å². The number of amides is 6. The van der Waals surface area contributed by atoms with Gasteiger partial charge in [0.15, 0.2) is 11.5 Å². The van der Waals surface area contributed by atoms with E-state index in [0.717, 1.165) is 10.5 Å². The first-order chi connectivity index (χ1) is 25.8. The SMILES string of the molecule is Cc1ccccc1NC(=O)Nc1ccc(CN2C(=O)N(C(CC(C)C)C(=O)N[C@@H](CC(=O)O)c3ccc4c(c3)OCO4)C(=O)C2(C)c2ccccc2)cc1. The number of nitrogens with one attached hydrogen (secondary N) is 3. The fourth-order valence-electron chi connectivity index (χ4n) is 6.78. The van der Waals surface area contributed by atoms with Crippen molar-refractivity contribution in [3.8, 4) is 11.5 Å². The van der Waals surface area contributed by atoms with Crippen molar-refractivity contribution in [3.63, 3.8) is 0 Å². The maximum absolute atomic E-state index is 14.7. The number of imide groups is 1. The lowest BCUT2D eigenvalue weighted by Crippen LogP contribution is -2.52. The average molecular weight is 734 g/mol. The zero-order valence-corrected chi connectivity index (χ0v) is 30.5. The zero-order valence-electron chi connectivity index (χ0n) is 30.5. The summed E-state index contributed by atoms with van der Waals surface area (Å²) in [5, 5.41) is 18.2. The Balaban J connectivity index is 1.27. The van der Waals surface area contributed by atoms with Gasteiger partial charge in [-0.05, 0) is 78.8 Å². The first-order valence-corrected chi connectivity index (χ1v) is 17.7. The molecule has 0 spiro atoms. The number of rotatable bonds is 13. The number of carboxylic acid groups (broad SMARTS) is 1. The van der Waals surface area contributed by atoms with Crippen LogP contribution >= 0.6 is 0 Å². The summed E-state index contributed by atoms with van der Waals surface area (Å²) in [7, 11) is 0. The second kappa shape index (κ2) is 15.7. The summed E-state index contributed by atoms with van der Waals surface area (Å²) < 4.78 is 10.9. The Bertz CT molecular complexity index is 2050. The van der Waals surface area contributed by atoms with E-state index < -0.39 is 53.9 Å². The molecule has 0 saturated carbocycles. The van der Waals surface area contributed by atoms with E-state index in [1.807, 2.05) is 51.1 Å². The Labute approximate surface area is 313 Å². The molecule has 54 heavy (non-hydrogen) atoms. The lowest BCUT2D eigenvalue weighted by atomic mass is 9.89. The minimum atomic E-state index is -1.49. The van der Waals surface area contributed by atoms with Gasteiger partial charge in [-0.3, -0.25) is 14.4 Å². The summed E-state index contributed by atoms with van der Waals surface area (Å²) in [4.78, 5) is 70.7. The summed E-state index contributed by atoms with van der Waals surface area (Å²) in [6, 6.07) is 24.9. The molecular weight excluding hydrogens is 690 g/mol. The van der Waals surface area contributed by atoms with Crippen LogP contribution in [0.2, 0.25) is 0 Å². The zero-order chi connectivity index (χ0) is 38.6. The number of benzene rings is 4. The van der Waals surface area contributed by atoms with Crippen LogP contribution in [-0.2, 0) is 26.5 Å². The van der Waals surface area contributed by atoms with E-state index in [-0.39, 0.29) is 25.7 Å². The molecule has 4 aromatic rings. The number of hydrogen-bond donors (Lipinski definition) is 4. The quantitative estimate of drug-likeness (QED) is 0.109. The number of carboxylic acids is 1. The van der Waals surface area contributed by atoms with Gasteiger partial charge in [0.1, 0.15) is 11.6 Å². The molecule has 0 aromatic heterocycles. The van der Waals surface area contributed by atoms with Crippen LogP contribution in [0, 0.1) is 12.8 Å². The number of para-hydroxylation sites is 1. The third-order valence-corrected chi connectivity index (χ3v) is 9.70. The Hall–Kier alpha value is -6.37. The molecule has 0 radical (unpaired) electrons. The van der Waals surface area contributed by atoms with E-state index in [4.69, 9.17) is 9.47 Å². The number of fused-ring (bicyclic) bond motifs is 1. The Kier molecular flexibility index (Phi) is 10.9. The summed E-state index contributed by atoms with van der Waals surface area (Å²) in [5.74, 6) is -1.59. The third kappa shape index (κ3) is 7.85. The van der Waals surface area contributed by atoms with Crippen LogP contribution in [0.3, 0.4) is 0 Å². The number of ether oxygens (including phenoxy) is 2. The molecule has 0 aliphatic carbocycles. The normalized spacial score (nSPS) is 17.4. The smallest absolute Gasteiger partial charge is 0.329 e. The van der Waals surface area contributed by atoms with Crippen LogP contribution < -0.4 is 25.4 Å². The van der Waals surface area contributed by atoms with Crippen molar-refractivity contribution in [2.75, 3.05) is 17.4 Å². The van der Waals surface area contributed by atoms with Gasteiger partial charge in [-0.15, -0.1) is 0 Å². The second-order valence-corrected chi connectivity index (χ2v) is 14.0. The molecule has 2 aliphatic rings. The van der Waals surface area contributed by atoms with Crippen LogP contribution in [-0.4, -0.2) is 57.6 Å². The van der Waals surface area contributed by atoms with Gasteiger partial charge >= 0.3 is 18.0 Å². The highest BCUT2D eigenvalue weighted by Gasteiger charge is 2.58. The summed E-state index contributed by atoms with van der Waals surface area (Å²) in [6.45, 7) is 7.35. The molecule has 3 atom stereocenters. The van der Waals surface area contributed by atoms with Crippen LogP contribution in [0.1, 0.15) is 61.9 Å². The minimum Gasteiger partial charge on any atom is -0.481 e. The number of anilines is 2. The largest absolute Gasteiger partial charge is 0.481 e. The highest BCUT2D eigenvalue weighted by Crippen LogP contribution is 2.41. The molecule has 2 unspecified atom stereocenters. The molecule has 1 saturated heterocycles. The van der Waals surface area contributed by atoms with Crippen molar-refractivity contribution >= 4 is 41.2 Å². The average Bonchev–Trinajstić information content (AvgIpc) is 3.69. The van der Waals surface area contributed by atoms with Gasteiger partial charge in [0, 0.05) is 17.9 Å². The molecule has 13 heteroatoms. The third-order valence-electron chi connectivity index (χ3n) is 9.70. The molecule has 4 aromatic carbocycles. The molecule has 2 heterocycles. The minimum absolute atomic E-state index is 0.0109. The highest BCUT2D eigenvalue weighted by molar-refractivity contribution is 6.10. The molecule has 6 amide bonds. The predicted molar refractivity (Wildman–Crippen MR) is 201 cm³/mol. The van der Waals surface area contributed by atoms with Gasteiger partial charge in [-0.2, -0.15) is 0 Å². The van der Waals surface area contributed by atoms with Gasteiger partial charge in [-0.25, -0.2) is 14.5 Å². The maximum atomic E-state index is 14.7. The predicted octanol–water partition coefficient (Wildman–Crippen LogP) is 6.79. The van der Waals surface area contributed by atoms with E-state index in [0.29, 0.717) is 39.6 Å². The molecule has 0 bridgehead atoms. The van der Waals surface area contributed by atoms with E-state index in [9.17, 15) is 29.1 Å². The fourth-order valence-corrected chi connectivity index (χ4v) is 6.78. The van der Waals surface area contributed by atoms with Crippen molar-refractivity contribution < 1.29 is 38.6 Å². The highest BCUT2D eigenvalue weighted by atomic mass is 16.7. The number of aryl methyl sites for hydroxylation is 1. The summed E-state index contributed by atoms with van der Waals surface area (Å²) >= 11 is 0. The lowest BCUT2D eigenvalue weighted by Gasteiger charge is -2.32.